The number of nitrogens with zero attached hydrogens (tertiary/aromatic N) is 3. The van der Waals surface area contributed by atoms with Crippen molar-refractivity contribution >= 4 is 39.1 Å². The third-order valence-corrected chi connectivity index (χ3v) is 4.16. The van der Waals surface area contributed by atoms with Crippen molar-refractivity contribution in [1.29, 1.82) is 0 Å². The number of hydrogen-bond donors (Lipinski definition) is 1. The Balaban J connectivity index is 1.89. The second-order valence-corrected chi connectivity index (χ2v) is 5.49. The predicted octanol–water partition coefficient (Wildman–Crippen LogP) is 3.17. The van der Waals surface area contributed by atoms with Crippen molar-refractivity contribution in [3.05, 3.63) is 35.0 Å². The average Bonchev–Trinajstić information content (AvgIpc) is 2.97. The molecule has 0 bridgehead atoms. The Morgan fingerprint density at radius 3 is 2.94 bits per heavy atom. The lowest BCUT2D eigenvalue weighted by atomic mass is 10.3. The van der Waals surface area contributed by atoms with Gasteiger partial charge in [0.25, 0.3) is 0 Å². The van der Waals surface area contributed by atoms with Gasteiger partial charge in [0.2, 0.25) is 0 Å². The van der Waals surface area contributed by atoms with Gasteiger partial charge in [0.05, 0.1) is 27.0 Å². The number of rotatable bonds is 4. The summed E-state index contributed by atoms with van der Waals surface area (Å²) in [5.41, 5.74) is 2.05. The maximum absolute atomic E-state index is 4.62. The van der Waals surface area contributed by atoms with Crippen LogP contribution in [-0.2, 0) is 6.42 Å². The van der Waals surface area contributed by atoms with Gasteiger partial charge in [0.1, 0.15) is 5.69 Å². The zero-order chi connectivity index (χ0) is 12.4. The summed E-state index contributed by atoms with van der Waals surface area (Å²) in [4.78, 5) is 4.62. The summed E-state index contributed by atoms with van der Waals surface area (Å²) in [6.45, 7) is 2.92. The Morgan fingerprint density at radius 2 is 2.11 bits per heavy atom. The van der Waals surface area contributed by atoms with E-state index >= 15 is 0 Å². The second kappa shape index (κ2) is 4.99. The first-order chi connectivity index (χ1) is 8.86. The molecule has 0 unspecified atom stereocenters. The van der Waals surface area contributed by atoms with Crippen LogP contribution in [0.25, 0.3) is 10.2 Å². The van der Waals surface area contributed by atoms with E-state index in [9.17, 15) is 0 Å². The van der Waals surface area contributed by atoms with Gasteiger partial charge in [-0.05, 0) is 19.1 Å². The van der Waals surface area contributed by atoms with Crippen molar-refractivity contribution in [3.8, 4) is 0 Å². The maximum atomic E-state index is 4.62. The van der Waals surface area contributed by atoms with Gasteiger partial charge < -0.3 is 5.32 Å². The number of thiazole rings is 1. The van der Waals surface area contributed by atoms with Crippen LogP contribution in [0.2, 0.25) is 0 Å². The largest absolute Gasteiger partial charge is 0.368 e. The smallest absolute Gasteiger partial charge is 0.163 e. The molecule has 6 heteroatoms. The van der Waals surface area contributed by atoms with Crippen LogP contribution in [0.5, 0.6) is 0 Å². The van der Waals surface area contributed by atoms with Gasteiger partial charge in [0.15, 0.2) is 5.82 Å². The molecular formula is C12H12N4S2. The topological polar surface area (TPSA) is 50.7 Å². The summed E-state index contributed by atoms with van der Waals surface area (Å²) >= 11 is 2.97. The summed E-state index contributed by atoms with van der Waals surface area (Å²) in [6.07, 6.45) is 0.748. The Bertz CT molecular complexity index is 626. The molecule has 0 radical (unpaired) electrons. The van der Waals surface area contributed by atoms with Crippen molar-refractivity contribution in [1.82, 2.24) is 13.7 Å². The normalized spacial score (nSPS) is 10.9. The molecule has 4 nitrogen and oxygen atoms in total. The van der Waals surface area contributed by atoms with E-state index in [2.05, 4.69) is 32.0 Å². The minimum atomic E-state index is 0.748. The molecule has 0 spiro atoms. The molecule has 0 atom stereocenters. The molecule has 0 aliphatic heterocycles. The van der Waals surface area contributed by atoms with Crippen LogP contribution >= 0.6 is 23.1 Å². The zero-order valence-corrected chi connectivity index (χ0v) is 11.5. The number of aromatic nitrogens is 3. The quantitative estimate of drug-likeness (QED) is 0.795. The minimum absolute atomic E-state index is 0.748. The van der Waals surface area contributed by atoms with E-state index in [4.69, 9.17) is 0 Å². The lowest BCUT2D eigenvalue weighted by molar-refractivity contribution is 1.08. The van der Waals surface area contributed by atoms with E-state index < -0.39 is 0 Å². The Kier molecular flexibility index (Phi) is 3.21. The monoisotopic (exact) mass is 276 g/mol. The number of para-hydroxylation sites is 1. The van der Waals surface area contributed by atoms with E-state index in [1.54, 1.807) is 11.3 Å². The molecule has 0 fully saturated rings. The van der Waals surface area contributed by atoms with E-state index in [0.29, 0.717) is 0 Å². The second-order valence-electron chi connectivity index (χ2n) is 3.84. The number of nitrogens with one attached hydrogen (secondary N) is 1. The molecule has 0 saturated heterocycles. The summed E-state index contributed by atoms with van der Waals surface area (Å²) in [7, 11) is 0. The fourth-order valence-electron chi connectivity index (χ4n) is 1.76. The minimum Gasteiger partial charge on any atom is -0.368 e. The number of fused-ring (bicyclic) bond motifs is 1. The zero-order valence-electron chi connectivity index (χ0n) is 9.88. The SMILES string of the molecule is CCNc1nsnc1Cc1nc2ccccc2s1. The van der Waals surface area contributed by atoms with Gasteiger partial charge >= 0.3 is 0 Å². The molecule has 3 aromatic rings. The van der Waals surface area contributed by atoms with Crippen LogP contribution in [0, 0.1) is 0 Å². The van der Waals surface area contributed by atoms with Crippen molar-refractivity contribution < 1.29 is 0 Å². The van der Waals surface area contributed by atoms with Crippen molar-refractivity contribution in [2.75, 3.05) is 11.9 Å². The van der Waals surface area contributed by atoms with Gasteiger partial charge in [0, 0.05) is 13.0 Å². The summed E-state index contributed by atoms with van der Waals surface area (Å²) in [5, 5.41) is 4.31. The average molecular weight is 276 g/mol. The van der Waals surface area contributed by atoms with Gasteiger partial charge in [-0.15, -0.1) is 11.3 Å². The highest BCUT2D eigenvalue weighted by atomic mass is 32.1. The van der Waals surface area contributed by atoms with Crippen LogP contribution in [0.1, 0.15) is 17.6 Å². The van der Waals surface area contributed by atoms with Crippen molar-refractivity contribution in [2.24, 2.45) is 0 Å². The molecule has 0 saturated carbocycles. The molecule has 0 aliphatic carbocycles. The summed E-state index contributed by atoms with van der Waals surface area (Å²) in [6, 6.07) is 8.19. The molecule has 0 aliphatic rings. The summed E-state index contributed by atoms with van der Waals surface area (Å²) < 4.78 is 9.81. The highest BCUT2D eigenvalue weighted by Gasteiger charge is 2.11. The van der Waals surface area contributed by atoms with Crippen LogP contribution in [0.15, 0.2) is 24.3 Å². The maximum Gasteiger partial charge on any atom is 0.163 e. The fourth-order valence-corrected chi connectivity index (χ4v) is 3.28. The third-order valence-electron chi connectivity index (χ3n) is 2.56. The highest BCUT2D eigenvalue weighted by Crippen LogP contribution is 2.25. The van der Waals surface area contributed by atoms with E-state index in [0.717, 1.165) is 35.0 Å². The molecule has 1 aromatic carbocycles. The van der Waals surface area contributed by atoms with Gasteiger partial charge in [-0.2, -0.15) is 8.75 Å². The molecule has 1 N–H and O–H groups in total. The number of benzene rings is 1. The third kappa shape index (κ3) is 2.21. The number of hydrogen-bond acceptors (Lipinski definition) is 6. The van der Waals surface area contributed by atoms with Crippen LogP contribution < -0.4 is 5.32 Å². The first kappa shape index (κ1) is 11.6. The van der Waals surface area contributed by atoms with Gasteiger partial charge in [-0.1, -0.05) is 12.1 Å². The first-order valence-electron chi connectivity index (χ1n) is 5.76. The predicted molar refractivity (Wildman–Crippen MR) is 76.5 cm³/mol. The van der Waals surface area contributed by atoms with Crippen LogP contribution in [0.3, 0.4) is 0 Å². The lowest BCUT2D eigenvalue weighted by Gasteiger charge is -1.99. The van der Waals surface area contributed by atoms with Crippen molar-refractivity contribution in [3.63, 3.8) is 0 Å². The fraction of sp³-hybridized carbons (Fsp3) is 0.250. The lowest BCUT2D eigenvalue weighted by Crippen LogP contribution is -2.00. The van der Waals surface area contributed by atoms with E-state index in [-0.39, 0.29) is 0 Å². The molecule has 2 aromatic heterocycles. The summed E-state index contributed by atoms with van der Waals surface area (Å²) in [5.74, 6) is 0.891. The standard InChI is InChI=1S/C12H12N4S2/c1-2-13-12-9(15-18-16-12)7-11-14-8-5-3-4-6-10(8)17-11/h3-6H,2,7H2,1H3,(H,13,16). The molecule has 18 heavy (non-hydrogen) atoms. The number of anilines is 1. The van der Waals surface area contributed by atoms with Crippen LogP contribution in [-0.4, -0.2) is 20.3 Å². The molecule has 2 heterocycles. The molecule has 92 valence electrons. The Labute approximate surface area is 113 Å². The van der Waals surface area contributed by atoms with E-state index in [1.165, 1.54) is 16.4 Å². The van der Waals surface area contributed by atoms with Gasteiger partial charge in [-0.25, -0.2) is 4.98 Å². The Hall–Kier alpha value is -1.53. The first-order valence-corrected chi connectivity index (χ1v) is 7.31. The highest BCUT2D eigenvalue weighted by molar-refractivity contribution is 7.18. The molecule has 3 rings (SSSR count). The van der Waals surface area contributed by atoms with Crippen LogP contribution in [0.4, 0.5) is 5.82 Å². The van der Waals surface area contributed by atoms with Crippen molar-refractivity contribution in [2.45, 2.75) is 13.3 Å². The Morgan fingerprint density at radius 1 is 1.22 bits per heavy atom. The van der Waals surface area contributed by atoms with E-state index in [1.807, 2.05) is 18.2 Å². The molecular weight excluding hydrogens is 264 g/mol. The molecule has 0 amide bonds. The van der Waals surface area contributed by atoms with Gasteiger partial charge in [-0.3, -0.25) is 0 Å².